The molecule has 1 fully saturated rings. The third-order valence-corrected chi connectivity index (χ3v) is 3.28. The second-order valence-corrected chi connectivity index (χ2v) is 4.45. The number of nitrogens with zero attached hydrogens (tertiary/aromatic N) is 2. The molecule has 1 heterocycles. The summed E-state index contributed by atoms with van der Waals surface area (Å²) < 4.78 is 5.80. The largest absolute Gasteiger partial charge is 0.473 e. The quantitative estimate of drug-likeness (QED) is 0.653. The van der Waals surface area contributed by atoms with Crippen LogP contribution in [0.2, 0.25) is 0 Å². The summed E-state index contributed by atoms with van der Waals surface area (Å²) >= 11 is 0. The van der Waals surface area contributed by atoms with E-state index in [9.17, 15) is 10.1 Å². The van der Waals surface area contributed by atoms with Gasteiger partial charge in [-0.25, -0.2) is 4.98 Å². The van der Waals surface area contributed by atoms with Crippen molar-refractivity contribution in [3.8, 4) is 5.88 Å². The molecule has 1 aliphatic carbocycles. The van der Waals surface area contributed by atoms with Gasteiger partial charge in [0.05, 0.1) is 4.92 Å². The summed E-state index contributed by atoms with van der Waals surface area (Å²) in [5.41, 5.74) is -0.0174. The third kappa shape index (κ3) is 2.95. The minimum Gasteiger partial charge on any atom is -0.473 e. The summed E-state index contributed by atoms with van der Waals surface area (Å²) in [6, 6.07) is 3.30. The summed E-state index contributed by atoms with van der Waals surface area (Å²) in [6.45, 7) is 0. The predicted octanol–water partition coefficient (Wildman–Crippen LogP) is 1.90. The molecule has 1 N–H and O–H groups in total. The number of aromatic nitrogens is 1. The standard InChI is InChI=1S/C12H17N3O3/c1-13-10-4-2-3-5-11(10)18-12-7-6-9(8-14-12)15(16)17/h6-8,10-11,13H,2-5H2,1H3. The molecule has 0 amide bonds. The molecule has 0 bridgehead atoms. The Morgan fingerprint density at radius 3 is 2.83 bits per heavy atom. The Hall–Kier alpha value is -1.69. The molecule has 0 aliphatic heterocycles. The van der Waals surface area contributed by atoms with Crippen LogP contribution in [0.4, 0.5) is 5.69 Å². The molecular formula is C12H17N3O3. The zero-order chi connectivity index (χ0) is 13.0. The maximum atomic E-state index is 10.5. The molecule has 1 aromatic heterocycles. The van der Waals surface area contributed by atoms with E-state index in [4.69, 9.17) is 4.74 Å². The minimum absolute atomic E-state index is 0.0174. The van der Waals surface area contributed by atoms with Crippen LogP contribution in [-0.4, -0.2) is 29.1 Å². The number of nitrogens with one attached hydrogen (secondary N) is 1. The zero-order valence-corrected chi connectivity index (χ0v) is 10.3. The molecule has 2 unspecified atom stereocenters. The average Bonchev–Trinajstić information content (AvgIpc) is 2.40. The summed E-state index contributed by atoms with van der Waals surface area (Å²) in [5.74, 6) is 0.452. The molecule has 18 heavy (non-hydrogen) atoms. The van der Waals surface area contributed by atoms with Crippen LogP contribution >= 0.6 is 0 Å². The number of hydrogen-bond acceptors (Lipinski definition) is 5. The fourth-order valence-corrected chi connectivity index (χ4v) is 2.27. The second-order valence-electron chi connectivity index (χ2n) is 4.45. The molecule has 6 heteroatoms. The highest BCUT2D eigenvalue weighted by Crippen LogP contribution is 2.23. The molecule has 98 valence electrons. The van der Waals surface area contributed by atoms with Gasteiger partial charge in [-0.05, 0) is 26.3 Å². The molecule has 2 atom stereocenters. The van der Waals surface area contributed by atoms with Gasteiger partial charge in [-0.15, -0.1) is 0 Å². The van der Waals surface area contributed by atoms with Crippen molar-refractivity contribution in [2.24, 2.45) is 0 Å². The van der Waals surface area contributed by atoms with Crippen LogP contribution in [0.15, 0.2) is 18.3 Å². The first-order chi connectivity index (χ1) is 8.70. The van der Waals surface area contributed by atoms with Crippen molar-refractivity contribution in [2.75, 3.05) is 7.05 Å². The Morgan fingerprint density at radius 2 is 2.22 bits per heavy atom. The van der Waals surface area contributed by atoms with E-state index in [-0.39, 0.29) is 11.8 Å². The van der Waals surface area contributed by atoms with Crippen LogP contribution in [0, 0.1) is 10.1 Å². The fourth-order valence-electron chi connectivity index (χ4n) is 2.27. The highest BCUT2D eigenvalue weighted by molar-refractivity contribution is 5.29. The van der Waals surface area contributed by atoms with E-state index in [1.807, 2.05) is 7.05 Å². The first-order valence-corrected chi connectivity index (χ1v) is 6.15. The van der Waals surface area contributed by atoms with Gasteiger partial charge < -0.3 is 10.1 Å². The van der Waals surface area contributed by atoms with E-state index < -0.39 is 4.92 Å². The van der Waals surface area contributed by atoms with Gasteiger partial charge in [0.1, 0.15) is 12.3 Å². The second kappa shape index (κ2) is 5.77. The summed E-state index contributed by atoms with van der Waals surface area (Å²) in [7, 11) is 1.93. The maximum Gasteiger partial charge on any atom is 0.287 e. The molecule has 0 saturated heterocycles. The van der Waals surface area contributed by atoms with Gasteiger partial charge in [-0.1, -0.05) is 6.42 Å². The number of likely N-dealkylation sites (N-methyl/N-ethyl adjacent to an activating group) is 1. The van der Waals surface area contributed by atoms with Crippen LogP contribution in [0.5, 0.6) is 5.88 Å². The lowest BCUT2D eigenvalue weighted by Crippen LogP contribution is -2.43. The minimum atomic E-state index is -0.464. The number of rotatable bonds is 4. The van der Waals surface area contributed by atoms with Crippen molar-refractivity contribution in [1.29, 1.82) is 0 Å². The van der Waals surface area contributed by atoms with Crippen molar-refractivity contribution in [1.82, 2.24) is 10.3 Å². The molecule has 2 rings (SSSR count). The summed E-state index contributed by atoms with van der Waals surface area (Å²) in [5, 5.41) is 13.8. The van der Waals surface area contributed by atoms with Crippen molar-refractivity contribution >= 4 is 5.69 Å². The maximum absolute atomic E-state index is 10.5. The van der Waals surface area contributed by atoms with Crippen LogP contribution in [-0.2, 0) is 0 Å². The lowest BCUT2D eigenvalue weighted by molar-refractivity contribution is -0.385. The van der Waals surface area contributed by atoms with Crippen molar-refractivity contribution < 1.29 is 9.66 Å². The van der Waals surface area contributed by atoms with Crippen molar-refractivity contribution in [3.63, 3.8) is 0 Å². The van der Waals surface area contributed by atoms with E-state index >= 15 is 0 Å². The Bertz CT molecular complexity index is 408. The van der Waals surface area contributed by atoms with Crippen LogP contribution < -0.4 is 10.1 Å². The third-order valence-electron chi connectivity index (χ3n) is 3.28. The normalized spacial score (nSPS) is 23.6. The van der Waals surface area contributed by atoms with Crippen LogP contribution in [0.1, 0.15) is 25.7 Å². The van der Waals surface area contributed by atoms with Gasteiger partial charge in [0.2, 0.25) is 5.88 Å². The van der Waals surface area contributed by atoms with Crippen molar-refractivity contribution in [3.05, 3.63) is 28.4 Å². The summed E-state index contributed by atoms with van der Waals surface area (Å²) in [6.07, 6.45) is 5.76. The monoisotopic (exact) mass is 251 g/mol. The van der Waals surface area contributed by atoms with Gasteiger partial charge in [-0.3, -0.25) is 10.1 Å². The van der Waals surface area contributed by atoms with E-state index in [0.29, 0.717) is 11.9 Å². The number of nitro groups is 1. The van der Waals surface area contributed by atoms with Crippen molar-refractivity contribution in [2.45, 2.75) is 37.8 Å². The molecule has 0 radical (unpaired) electrons. The molecule has 0 aromatic carbocycles. The van der Waals surface area contributed by atoms with E-state index in [1.165, 1.54) is 18.7 Å². The fraction of sp³-hybridized carbons (Fsp3) is 0.583. The SMILES string of the molecule is CNC1CCCCC1Oc1ccc([N+](=O)[O-])cn1. The lowest BCUT2D eigenvalue weighted by Gasteiger charge is -2.31. The van der Waals surface area contributed by atoms with Gasteiger partial charge in [0.15, 0.2) is 0 Å². The Labute approximate surface area is 106 Å². The van der Waals surface area contributed by atoms with E-state index in [1.54, 1.807) is 6.07 Å². The Morgan fingerprint density at radius 1 is 1.44 bits per heavy atom. The highest BCUT2D eigenvalue weighted by atomic mass is 16.6. The topological polar surface area (TPSA) is 77.3 Å². The number of ether oxygens (including phenoxy) is 1. The smallest absolute Gasteiger partial charge is 0.287 e. The van der Waals surface area contributed by atoms with Gasteiger partial charge >= 0.3 is 0 Å². The first-order valence-electron chi connectivity index (χ1n) is 6.15. The first kappa shape index (κ1) is 12.8. The highest BCUT2D eigenvalue weighted by Gasteiger charge is 2.25. The molecule has 6 nitrogen and oxygen atoms in total. The number of hydrogen-bond donors (Lipinski definition) is 1. The zero-order valence-electron chi connectivity index (χ0n) is 10.3. The number of pyridine rings is 1. The molecule has 1 saturated carbocycles. The van der Waals surface area contributed by atoms with E-state index in [0.717, 1.165) is 19.3 Å². The van der Waals surface area contributed by atoms with Gasteiger partial charge in [0.25, 0.3) is 5.69 Å². The molecule has 1 aromatic rings. The summed E-state index contributed by atoms with van der Waals surface area (Å²) in [4.78, 5) is 14.0. The van der Waals surface area contributed by atoms with Gasteiger partial charge in [0, 0.05) is 18.2 Å². The lowest BCUT2D eigenvalue weighted by atomic mass is 9.92. The molecular weight excluding hydrogens is 234 g/mol. The average molecular weight is 251 g/mol. The predicted molar refractivity (Wildman–Crippen MR) is 66.6 cm³/mol. The van der Waals surface area contributed by atoms with Crippen LogP contribution in [0.3, 0.4) is 0 Å². The molecule has 1 aliphatic rings. The Kier molecular flexibility index (Phi) is 4.09. The van der Waals surface area contributed by atoms with Crippen LogP contribution in [0.25, 0.3) is 0 Å². The molecule has 0 spiro atoms. The van der Waals surface area contributed by atoms with E-state index in [2.05, 4.69) is 10.3 Å². The van der Waals surface area contributed by atoms with Gasteiger partial charge in [-0.2, -0.15) is 0 Å². The Balaban J connectivity index is 2.01.